The van der Waals surface area contributed by atoms with Gasteiger partial charge in [-0.1, -0.05) is 5.16 Å². The summed E-state index contributed by atoms with van der Waals surface area (Å²) in [6.45, 7) is 4.75. The third kappa shape index (κ3) is 3.26. The van der Waals surface area contributed by atoms with Crippen molar-refractivity contribution >= 4 is 32.3 Å². The van der Waals surface area contributed by atoms with E-state index in [1.54, 1.807) is 0 Å². The van der Waals surface area contributed by atoms with Crippen LogP contribution in [-0.4, -0.2) is 58.1 Å². The third-order valence-corrected chi connectivity index (χ3v) is 8.27. The summed E-state index contributed by atoms with van der Waals surface area (Å²) in [5, 5.41) is 13.7. The minimum Gasteiger partial charge on any atom is -0.388 e. The molecule has 0 aromatic carbocycles. The van der Waals surface area contributed by atoms with Gasteiger partial charge in [-0.15, -0.1) is 0 Å². The fourth-order valence-electron chi connectivity index (χ4n) is 4.93. The predicted molar refractivity (Wildman–Crippen MR) is 115 cm³/mol. The van der Waals surface area contributed by atoms with Crippen molar-refractivity contribution in [2.45, 2.75) is 70.2 Å². The Labute approximate surface area is 176 Å². The zero-order valence-corrected chi connectivity index (χ0v) is 18.2. The summed E-state index contributed by atoms with van der Waals surface area (Å²) in [5.74, 6) is 0.430. The first-order valence-corrected chi connectivity index (χ1v) is 12.5. The van der Waals surface area contributed by atoms with Crippen molar-refractivity contribution in [3.8, 4) is 0 Å². The maximum Gasteiger partial charge on any atom is 0.160 e. The van der Waals surface area contributed by atoms with Crippen LogP contribution < -0.4 is 11.1 Å². The van der Waals surface area contributed by atoms with Gasteiger partial charge in [0.15, 0.2) is 5.65 Å². The Kier molecular flexibility index (Phi) is 4.55. The number of anilines is 1. The molecule has 2 aliphatic heterocycles. The zero-order valence-electron chi connectivity index (χ0n) is 17.4. The maximum atomic E-state index is 11.9. The highest BCUT2D eigenvalue weighted by atomic mass is 32.2. The third-order valence-electron chi connectivity index (χ3n) is 6.56. The van der Waals surface area contributed by atoms with Crippen LogP contribution in [0.25, 0.3) is 11.0 Å². The van der Waals surface area contributed by atoms with Crippen molar-refractivity contribution in [2.24, 2.45) is 10.9 Å². The van der Waals surface area contributed by atoms with Crippen molar-refractivity contribution in [1.29, 1.82) is 0 Å². The molecule has 1 aliphatic carbocycles. The first-order chi connectivity index (χ1) is 14.3. The molecule has 10 heteroatoms. The van der Waals surface area contributed by atoms with Crippen LogP contribution in [0.5, 0.6) is 0 Å². The molecule has 1 saturated carbocycles. The largest absolute Gasteiger partial charge is 0.388 e. The van der Waals surface area contributed by atoms with Gasteiger partial charge in [0, 0.05) is 49.7 Å². The number of hydrogen-bond acceptors (Lipinski definition) is 8. The van der Waals surface area contributed by atoms with Crippen molar-refractivity contribution in [1.82, 2.24) is 14.8 Å². The van der Waals surface area contributed by atoms with E-state index in [0.717, 1.165) is 53.1 Å². The molecule has 0 atom stereocenters. The second-order valence-electron chi connectivity index (χ2n) is 8.87. The highest BCUT2D eigenvalue weighted by molar-refractivity contribution is 7.91. The summed E-state index contributed by atoms with van der Waals surface area (Å²) in [4.78, 5) is 10.5. The van der Waals surface area contributed by atoms with Crippen molar-refractivity contribution in [3.63, 3.8) is 0 Å². The number of hydrogen-bond donors (Lipinski definition) is 2. The number of aryl methyl sites for hydroxylation is 2. The minimum absolute atomic E-state index is 0.0799. The summed E-state index contributed by atoms with van der Waals surface area (Å²) < 4.78 is 25.6. The van der Waals surface area contributed by atoms with Gasteiger partial charge >= 0.3 is 0 Å². The van der Waals surface area contributed by atoms with Crippen LogP contribution in [0.15, 0.2) is 11.4 Å². The number of rotatable bonds is 4. The number of sulfone groups is 1. The smallest absolute Gasteiger partial charge is 0.160 e. The molecular formula is C20H28N6O3S. The Balaban J connectivity index is 1.54. The van der Waals surface area contributed by atoms with Crippen LogP contribution >= 0.6 is 0 Å². The van der Waals surface area contributed by atoms with Gasteiger partial charge in [0.2, 0.25) is 0 Å². The van der Waals surface area contributed by atoms with Gasteiger partial charge in [0.1, 0.15) is 15.4 Å². The molecule has 5 rings (SSSR count). The Bertz CT molecular complexity index is 1120. The van der Waals surface area contributed by atoms with Crippen LogP contribution in [0.2, 0.25) is 0 Å². The molecule has 3 N–H and O–H groups in total. The molecule has 0 unspecified atom stereocenters. The van der Waals surface area contributed by atoms with Gasteiger partial charge in [0.25, 0.3) is 0 Å². The molecule has 9 nitrogen and oxygen atoms in total. The van der Waals surface area contributed by atoms with Crippen LogP contribution in [0.3, 0.4) is 0 Å². The molecule has 1 spiro atoms. The van der Waals surface area contributed by atoms with Crippen molar-refractivity contribution in [2.75, 3.05) is 16.8 Å². The molecule has 4 heterocycles. The molecule has 2 fully saturated rings. The van der Waals surface area contributed by atoms with E-state index in [1.807, 2.05) is 24.7 Å². The lowest BCUT2D eigenvalue weighted by Crippen LogP contribution is -2.51. The SMILES string of the molecule is CCn1nc(C)c2c(NC3CCS(=O)(=O)CC3)c(C3=NOC4(C3)CC(N)C4)cnc21. The molecule has 2 aromatic rings. The maximum absolute atomic E-state index is 11.9. The van der Waals surface area contributed by atoms with Crippen molar-refractivity contribution < 1.29 is 13.3 Å². The minimum atomic E-state index is -2.93. The zero-order chi connectivity index (χ0) is 21.1. The number of fused-ring (bicyclic) bond motifs is 1. The number of pyridine rings is 1. The molecule has 2 aromatic heterocycles. The van der Waals surface area contributed by atoms with Crippen molar-refractivity contribution in [3.05, 3.63) is 17.5 Å². The number of nitrogens with one attached hydrogen (secondary N) is 1. The van der Waals surface area contributed by atoms with E-state index < -0.39 is 9.84 Å². The molecule has 3 aliphatic rings. The molecule has 0 amide bonds. The topological polar surface area (TPSA) is 124 Å². The van der Waals surface area contributed by atoms with E-state index in [-0.39, 0.29) is 29.2 Å². The molecule has 1 saturated heterocycles. The van der Waals surface area contributed by atoms with Gasteiger partial charge in [0.05, 0.1) is 34.0 Å². The lowest BCUT2D eigenvalue weighted by atomic mass is 9.73. The average molecular weight is 433 g/mol. The number of nitrogens with zero attached hydrogens (tertiary/aromatic N) is 4. The summed E-state index contributed by atoms with van der Waals surface area (Å²) in [7, 11) is -2.93. The van der Waals surface area contributed by atoms with E-state index in [9.17, 15) is 8.42 Å². The summed E-state index contributed by atoms with van der Waals surface area (Å²) in [6.07, 6.45) is 5.36. The molecule has 0 bridgehead atoms. The summed E-state index contributed by atoms with van der Waals surface area (Å²) in [5.41, 5.74) is 10.1. The Morgan fingerprint density at radius 2 is 2.07 bits per heavy atom. The van der Waals surface area contributed by atoms with Crippen LogP contribution in [0, 0.1) is 6.92 Å². The molecule has 0 radical (unpaired) electrons. The average Bonchev–Trinajstić information content (AvgIpc) is 3.25. The van der Waals surface area contributed by atoms with Gasteiger partial charge in [-0.05, 0) is 26.7 Å². The number of aromatic nitrogens is 3. The van der Waals surface area contributed by atoms with Crippen LogP contribution in [0.4, 0.5) is 5.69 Å². The normalized spacial score (nSPS) is 23.4. The second kappa shape index (κ2) is 6.91. The monoisotopic (exact) mass is 432 g/mol. The lowest BCUT2D eigenvalue weighted by Gasteiger charge is -2.40. The standard InChI is InChI=1S/C20H28N6O3S/c1-3-26-19-17(12(2)24-26)18(23-14-4-6-30(27,28)7-5-14)15(11-22-19)16-10-20(29-25-16)8-13(21)9-20/h11,13-14H,3-10,21H2,1-2H3,(H,22,23). The van der Waals surface area contributed by atoms with Gasteiger partial charge in [-0.2, -0.15) is 5.10 Å². The van der Waals surface area contributed by atoms with E-state index in [1.165, 1.54) is 0 Å². The van der Waals surface area contributed by atoms with Crippen LogP contribution in [-0.2, 0) is 21.2 Å². The van der Waals surface area contributed by atoms with E-state index in [4.69, 9.17) is 15.6 Å². The number of oxime groups is 1. The quantitative estimate of drug-likeness (QED) is 0.754. The second-order valence-corrected chi connectivity index (χ2v) is 11.2. The molecular weight excluding hydrogens is 404 g/mol. The first-order valence-electron chi connectivity index (χ1n) is 10.6. The highest BCUT2D eigenvalue weighted by Crippen LogP contribution is 2.44. The number of nitrogens with two attached hydrogens (primary N) is 1. The lowest BCUT2D eigenvalue weighted by molar-refractivity contribution is -0.0856. The Morgan fingerprint density at radius 3 is 2.73 bits per heavy atom. The van der Waals surface area contributed by atoms with E-state index >= 15 is 0 Å². The molecule has 162 valence electrons. The Hall–Kier alpha value is -2.20. The van der Waals surface area contributed by atoms with Gasteiger partial charge in [-0.3, -0.25) is 0 Å². The van der Waals surface area contributed by atoms with Gasteiger partial charge < -0.3 is 15.9 Å². The molecule has 30 heavy (non-hydrogen) atoms. The van der Waals surface area contributed by atoms with E-state index in [0.29, 0.717) is 19.3 Å². The predicted octanol–water partition coefficient (Wildman–Crippen LogP) is 1.73. The van der Waals surface area contributed by atoms with Crippen LogP contribution in [0.1, 0.15) is 50.3 Å². The Morgan fingerprint density at radius 1 is 1.33 bits per heavy atom. The fourth-order valence-corrected chi connectivity index (χ4v) is 6.42. The fraction of sp³-hybridized carbons (Fsp3) is 0.650. The summed E-state index contributed by atoms with van der Waals surface area (Å²) in [6, 6.07) is 0.253. The summed E-state index contributed by atoms with van der Waals surface area (Å²) >= 11 is 0. The van der Waals surface area contributed by atoms with E-state index in [2.05, 4.69) is 15.6 Å². The first kappa shape index (κ1) is 19.7. The highest BCUT2D eigenvalue weighted by Gasteiger charge is 2.50. The van der Waals surface area contributed by atoms with Gasteiger partial charge in [-0.25, -0.2) is 18.1 Å².